The third-order valence-electron chi connectivity index (χ3n) is 2.96. The molecule has 0 saturated carbocycles. The van der Waals surface area contributed by atoms with E-state index in [0.717, 1.165) is 18.8 Å². The zero-order valence-electron chi connectivity index (χ0n) is 10.2. The van der Waals surface area contributed by atoms with E-state index in [4.69, 9.17) is 15.7 Å². The second kappa shape index (κ2) is 4.64. The number of nitrogens with zero attached hydrogens (tertiary/aromatic N) is 2. The molecule has 0 spiro atoms. The van der Waals surface area contributed by atoms with Crippen molar-refractivity contribution >= 4 is 11.4 Å². The maximum absolute atomic E-state index is 8.97. The Morgan fingerprint density at radius 3 is 2.59 bits per heavy atom. The maximum Gasteiger partial charge on any atom is 0.101 e. The molecule has 1 fully saturated rings. The van der Waals surface area contributed by atoms with Gasteiger partial charge in [-0.2, -0.15) is 5.26 Å². The van der Waals surface area contributed by atoms with Crippen molar-refractivity contribution in [1.29, 1.82) is 5.26 Å². The normalized spacial score (nSPS) is 24.4. The van der Waals surface area contributed by atoms with E-state index in [9.17, 15) is 0 Å². The van der Waals surface area contributed by atoms with Crippen LogP contribution in [-0.2, 0) is 4.74 Å². The van der Waals surface area contributed by atoms with Crippen LogP contribution in [0.15, 0.2) is 18.2 Å². The summed E-state index contributed by atoms with van der Waals surface area (Å²) in [4.78, 5) is 2.19. The second-order valence-corrected chi connectivity index (χ2v) is 4.51. The third kappa shape index (κ3) is 2.34. The van der Waals surface area contributed by atoms with Gasteiger partial charge in [0.1, 0.15) is 6.07 Å². The molecule has 0 aromatic heterocycles. The number of morpholine rings is 1. The predicted octanol–water partition coefficient (Wildman–Crippen LogP) is 1.75. The fourth-order valence-electron chi connectivity index (χ4n) is 2.30. The van der Waals surface area contributed by atoms with Gasteiger partial charge in [0.15, 0.2) is 0 Å². The molecular formula is C13H17N3O. The van der Waals surface area contributed by atoms with Gasteiger partial charge in [0.2, 0.25) is 0 Å². The zero-order chi connectivity index (χ0) is 12.4. The average molecular weight is 231 g/mol. The van der Waals surface area contributed by atoms with Gasteiger partial charge in [-0.3, -0.25) is 0 Å². The van der Waals surface area contributed by atoms with Crippen molar-refractivity contribution in [3.05, 3.63) is 23.8 Å². The number of nitriles is 1. The van der Waals surface area contributed by atoms with Crippen molar-refractivity contribution in [2.75, 3.05) is 23.7 Å². The number of nitrogens with two attached hydrogens (primary N) is 1. The fourth-order valence-corrected chi connectivity index (χ4v) is 2.30. The summed E-state index contributed by atoms with van der Waals surface area (Å²) < 4.78 is 5.69. The van der Waals surface area contributed by atoms with Crippen molar-refractivity contribution in [2.24, 2.45) is 0 Å². The van der Waals surface area contributed by atoms with Crippen LogP contribution in [0.25, 0.3) is 0 Å². The largest absolute Gasteiger partial charge is 0.396 e. The Morgan fingerprint density at radius 2 is 2.00 bits per heavy atom. The Bertz CT molecular complexity index is 442. The number of nitrogen functional groups attached to an aromatic ring is 1. The van der Waals surface area contributed by atoms with E-state index in [-0.39, 0.29) is 12.2 Å². The van der Waals surface area contributed by atoms with Gasteiger partial charge in [-0.15, -0.1) is 0 Å². The van der Waals surface area contributed by atoms with Gasteiger partial charge < -0.3 is 15.4 Å². The van der Waals surface area contributed by atoms with E-state index in [1.807, 2.05) is 26.0 Å². The summed E-state index contributed by atoms with van der Waals surface area (Å²) in [6.45, 7) is 5.72. The van der Waals surface area contributed by atoms with E-state index in [2.05, 4.69) is 11.0 Å². The Kier molecular flexibility index (Phi) is 3.21. The number of ether oxygens (including phenoxy) is 1. The van der Waals surface area contributed by atoms with Crippen molar-refractivity contribution in [2.45, 2.75) is 26.1 Å². The number of rotatable bonds is 1. The molecule has 1 aliphatic heterocycles. The highest BCUT2D eigenvalue weighted by Crippen LogP contribution is 2.28. The first kappa shape index (κ1) is 11.7. The van der Waals surface area contributed by atoms with Crippen LogP contribution in [0.2, 0.25) is 0 Å². The molecule has 1 aliphatic rings. The molecule has 90 valence electrons. The standard InChI is InChI=1S/C13H17N3O/c1-9-7-16(8-10(2)17-9)12-5-3-4-11(6-14)13(12)15/h3-5,9-10H,7-8,15H2,1-2H3/t9-,10+. The highest BCUT2D eigenvalue weighted by atomic mass is 16.5. The molecular weight excluding hydrogens is 214 g/mol. The minimum Gasteiger partial charge on any atom is -0.396 e. The molecule has 0 amide bonds. The number of hydrogen-bond donors (Lipinski definition) is 1. The smallest absolute Gasteiger partial charge is 0.101 e. The Hall–Kier alpha value is -1.73. The molecule has 0 aliphatic carbocycles. The summed E-state index contributed by atoms with van der Waals surface area (Å²) in [5, 5.41) is 8.97. The van der Waals surface area contributed by atoms with E-state index in [1.165, 1.54) is 0 Å². The Balaban J connectivity index is 2.31. The first-order valence-electron chi connectivity index (χ1n) is 5.80. The van der Waals surface area contributed by atoms with Gasteiger partial charge in [0.25, 0.3) is 0 Å². The first-order chi connectivity index (χ1) is 8.11. The summed E-state index contributed by atoms with van der Waals surface area (Å²) >= 11 is 0. The summed E-state index contributed by atoms with van der Waals surface area (Å²) in [7, 11) is 0. The summed E-state index contributed by atoms with van der Waals surface area (Å²) in [5.74, 6) is 0. The summed E-state index contributed by atoms with van der Waals surface area (Å²) in [6.07, 6.45) is 0.368. The number of hydrogen-bond acceptors (Lipinski definition) is 4. The van der Waals surface area contributed by atoms with E-state index < -0.39 is 0 Å². The molecule has 0 bridgehead atoms. The van der Waals surface area contributed by atoms with Crippen molar-refractivity contribution < 1.29 is 4.74 Å². The SMILES string of the molecule is C[C@@H]1CN(c2cccc(C#N)c2N)C[C@H](C)O1. The fraction of sp³-hybridized carbons (Fsp3) is 0.462. The van der Waals surface area contributed by atoms with E-state index in [0.29, 0.717) is 11.3 Å². The molecule has 4 nitrogen and oxygen atoms in total. The topological polar surface area (TPSA) is 62.3 Å². The molecule has 0 radical (unpaired) electrons. The predicted molar refractivity (Wildman–Crippen MR) is 67.8 cm³/mol. The lowest BCUT2D eigenvalue weighted by atomic mass is 10.1. The minimum atomic E-state index is 0.184. The Morgan fingerprint density at radius 1 is 1.35 bits per heavy atom. The maximum atomic E-state index is 8.97. The molecule has 0 unspecified atom stereocenters. The molecule has 1 saturated heterocycles. The Labute approximate surface area is 102 Å². The molecule has 1 aromatic carbocycles. The molecule has 2 rings (SSSR count). The molecule has 2 atom stereocenters. The average Bonchev–Trinajstić information content (AvgIpc) is 2.28. The molecule has 2 N–H and O–H groups in total. The molecule has 17 heavy (non-hydrogen) atoms. The first-order valence-corrected chi connectivity index (χ1v) is 5.80. The van der Waals surface area contributed by atoms with Crippen LogP contribution < -0.4 is 10.6 Å². The van der Waals surface area contributed by atoms with Crippen LogP contribution >= 0.6 is 0 Å². The van der Waals surface area contributed by atoms with E-state index >= 15 is 0 Å². The van der Waals surface area contributed by atoms with Crippen LogP contribution in [0.4, 0.5) is 11.4 Å². The molecule has 1 heterocycles. The van der Waals surface area contributed by atoms with Crippen LogP contribution in [0.3, 0.4) is 0 Å². The van der Waals surface area contributed by atoms with Crippen LogP contribution in [0.1, 0.15) is 19.4 Å². The highest BCUT2D eigenvalue weighted by Gasteiger charge is 2.24. The zero-order valence-corrected chi connectivity index (χ0v) is 10.2. The third-order valence-corrected chi connectivity index (χ3v) is 2.96. The van der Waals surface area contributed by atoms with Gasteiger partial charge in [-0.25, -0.2) is 0 Å². The summed E-state index contributed by atoms with van der Waals surface area (Å²) in [6, 6.07) is 7.69. The van der Waals surface area contributed by atoms with E-state index in [1.54, 1.807) is 6.07 Å². The van der Waals surface area contributed by atoms with Gasteiger partial charge in [-0.05, 0) is 26.0 Å². The van der Waals surface area contributed by atoms with Crippen molar-refractivity contribution in [3.8, 4) is 6.07 Å². The lowest BCUT2D eigenvalue weighted by molar-refractivity contribution is -0.00517. The molecule has 1 aromatic rings. The lowest BCUT2D eigenvalue weighted by Crippen LogP contribution is -2.45. The van der Waals surface area contributed by atoms with Gasteiger partial charge >= 0.3 is 0 Å². The number of anilines is 2. The number of benzene rings is 1. The van der Waals surface area contributed by atoms with Gasteiger partial charge in [-0.1, -0.05) is 6.07 Å². The quantitative estimate of drug-likeness (QED) is 0.748. The molecule has 4 heteroatoms. The van der Waals surface area contributed by atoms with Gasteiger partial charge in [0, 0.05) is 13.1 Å². The van der Waals surface area contributed by atoms with Crippen molar-refractivity contribution in [3.63, 3.8) is 0 Å². The van der Waals surface area contributed by atoms with Crippen molar-refractivity contribution in [1.82, 2.24) is 0 Å². The van der Waals surface area contributed by atoms with Crippen LogP contribution in [0.5, 0.6) is 0 Å². The van der Waals surface area contributed by atoms with Crippen LogP contribution in [-0.4, -0.2) is 25.3 Å². The second-order valence-electron chi connectivity index (χ2n) is 4.51. The van der Waals surface area contributed by atoms with Gasteiger partial charge in [0.05, 0.1) is 29.1 Å². The lowest BCUT2D eigenvalue weighted by Gasteiger charge is -2.37. The monoisotopic (exact) mass is 231 g/mol. The highest BCUT2D eigenvalue weighted by molar-refractivity contribution is 5.74. The minimum absolute atomic E-state index is 0.184. The summed E-state index contributed by atoms with van der Waals surface area (Å²) in [5.41, 5.74) is 8.05. The van der Waals surface area contributed by atoms with Crippen LogP contribution in [0, 0.1) is 11.3 Å². The number of para-hydroxylation sites is 1.